The molecule has 0 unspecified atom stereocenters. The van der Waals surface area contributed by atoms with Crippen molar-refractivity contribution in [2.45, 2.75) is 12.8 Å². The summed E-state index contributed by atoms with van der Waals surface area (Å²) in [7, 11) is 1.46. The van der Waals surface area contributed by atoms with Gasteiger partial charge in [-0.05, 0) is 32.0 Å². The van der Waals surface area contributed by atoms with E-state index < -0.39 is 4.92 Å². The highest BCUT2D eigenvalue weighted by molar-refractivity contribution is 5.94. The Morgan fingerprint density at radius 2 is 2.15 bits per heavy atom. The number of nitrogens with one attached hydrogen (secondary N) is 2. The van der Waals surface area contributed by atoms with Crippen molar-refractivity contribution in [1.29, 1.82) is 0 Å². The number of amides is 1. The number of piperidine rings is 1. The van der Waals surface area contributed by atoms with Crippen LogP contribution in [0.4, 0.5) is 11.4 Å². The van der Waals surface area contributed by atoms with E-state index >= 15 is 0 Å². The van der Waals surface area contributed by atoms with E-state index in [0.717, 1.165) is 25.9 Å². The number of nitrogens with zero attached hydrogens (tertiary/aromatic N) is 1. The molecule has 7 heteroatoms. The van der Waals surface area contributed by atoms with E-state index in [-0.39, 0.29) is 17.5 Å². The molecule has 0 aromatic heterocycles. The topological polar surface area (TPSA) is 93.5 Å². The van der Waals surface area contributed by atoms with E-state index in [2.05, 4.69) is 10.6 Å². The van der Waals surface area contributed by atoms with Gasteiger partial charge in [0, 0.05) is 18.1 Å². The monoisotopic (exact) mass is 279 g/mol. The number of benzene rings is 1. The normalized spacial score (nSPS) is 15.7. The van der Waals surface area contributed by atoms with Gasteiger partial charge in [0.25, 0.3) is 5.69 Å². The van der Waals surface area contributed by atoms with Crippen molar-refractivity contribution >= 4 is 17.3 Å². The summed E-state index contributed by atoms with van der Waals surface area (Å²) in [5.74, 6) is 0.225. The Morgan fingerprint density at radius 3 is 2.75 bits per heavy atom. The Kier molecular flexibility index (Phi) is 4.52. The van der Waals surface area contributed by atoms with Gasteiger partial charge >= 0.3 is 0 Å². The molecule has 1 saturated heterocycles. The maximum atomic E-state index is 12.2. The molecular formula is C13H17N3O4. The second-order valence-corrected chi connectivity index (χ2v) is 4.66. The largest absolute Gasteiger partial charge is 0.495 e. The first-order chi connectivity index (χ1) is 9.61. The van der Waals surface area contributed by atoms with Crippen molar-refractivity contribution in [3.05, 3.63) is 28.3 Å². The van der Waals surface area contributed by atoms with Crippen LogP contribution in [0.25, 0.3) is 0 Å². The summed E-state index contributed by atoms with van der Waals surface area (Å²) >= 11 is 0. The molecule has 1 aliphatic rings. The molecule has 0 spiro atoms. The predicted molar refractivity (Wildman–Crippen MR) is 73.9 cm³/mol. The first kappa shape index (κ1) is 14.3. The Morgan fingerprint density at radius 1 is 1.45 bits per heavy atom. The van der Waals surface area contributed by atoms with Crippen LogP contribution in [-0.2, 0) is 4.79 Å². The Labute approximate surface area is 116 Å². The van der Waals surface area contributed by atoms with Gasteiger partial charge in [-0.2, -0.15) is 0 Å². The van der Waals surface area contributed by atoms with E-state index in [9.17, 15) is 14.9 Å². The second-order valence-electron chi connectivity index (χ2n) is 4.66. The summed E-state index contributed by atoms with van der Waals surface area (Å²) in [6.07, 6.45) is 1.53. The van der Waals surface area contributed by atoms with Gasteiger partial charge in [-0.25, -0.2) is 0 Å². The van der Waals surface area contributed by atoms with Crippen LogP contribution in [0.5, 0.6) is 5.75 Å². The van der Waals surface area contributed by atoms with Crippen LogP contribution >= 0.6 is 0 Å². The van der Waals surface area contributed by atoms with Crippen LogP contribution in [-0.4, -0.2) is 31.0 Å². The number of nitro benzene ring substituents is 1. The van der Waals surface area contributed by atoms with Gasteiger partial charge in [0.2, 0.25) is 5.91 Å². The lowest BCUT2D eigenvalue weighted by molar-refractivity contribution is -0.384. The molecule has 1 aromatic carbocycles. The van der Waals surface area contributed by atoms with Crippen molar-refractivity contribution in [1.82, 2.24) is 5.32 Å². The number of nitro groups is 1. The molecule has 0 bridgehead atoms. The molecule has 7 nitrogen and oxygen atoms in total. The third kappa shape index (κ3) is 3.24. The van der Waals surface area contributed by atoms with Crippen LogP contribution in [0.15, 0.2) is 18.2 Å². The Hall–Kier alpha value is -2.15. The summed E-state index contributed by atoms with van der Waals surface area (Å²) in [5.41, 5.74) is 0.261. The standard InChI is InChI=1S/C13H17N3O4/c1-20-12-3-2-10(16(18)19)8-11(12)15-13(17)9-4-6-14-7-5-9/h2-3,8-9,14H,4-7H2,1H3,(H,15,17). The molecule has 0 saturated carbocycles. The molecule has 0 atom stereocenters. The van der Waals surface area contributed by atoms with Crippen LogP contribution in [0.1, 0.15) is 12.8 Å². The minimum absolute atomic E-state index is 0.0692. The number of rotatable bonds is 4. The first-order valence-corrected chi connectivity index (χ1v) is 6.46. The summed E-state index contributed by atoms with van der Waals surface area (Å²) in [5, 5.41) is 16.7. The summed E-state index contributed by atoms with van der Waals surface area (Å²) in [6, 6.07) is 4.15. The minimum atomic E-state index is -0.500. The number of non-ortho nitro benzene ring substituents is 1. The van der Waals surface area contributed by atoms with Crippen LogP contribution in [0.2, 0.25) is 0 Å². The highest BCUT2D eigenvalue weighted by atomic mass is 16.6. The zero-order chi connectivity index (χ0) is 14.5. The predicted octanol–water partition coefficient (Wildman–Crippen LogP) is 1.54. The summed E-state index contributed by atoms with van der Waals surface area (Å²) < 4.78 is 5.12. The van der Waals surface area contributed by atoms with Crippen molar-refractivity contribution < 1.29 is 14.5 Å². The van der Waals surface area contributed by atoms with E-state index in [1.54, 1.807) is 0 Å². The van der Waals surface area contributed by atoms with Crippen molar-refractivity contribution in [3.8, 4) is 5.75 Å². The molecule has 108 valence electrons. The molecule has 1 aromatic rings. The number of methoxy groups -OCH3 is 1. The van der Waals surface area contributed by atoms with E-state index in [4.69, 9.17) is 4.74 Å². The highest BCUT2D eigenvalue weighted by Crippen LogP contribution is 2.29. The second kappa shape index (κ2) is 6.33. The average Bonchev–Trinajstić information content (AvgIpc) is 2.48. The lowest BCUT2D eigenvalue weighted by atomic mass is 9.97. The van der Waals surface area contributed by atoms with Gasteiger partial charge in [0.05, 0.1) is 17.7 Å². The number of carbonyl (C=O) groups is 1. The third-order valence-electron chi connectivity index (χ3n) is 3.36. The van der Waals surface area contributed by atoms with E-state index in [0.29, 0.717) is 11.4 Å². The number of hydrogen-bond donors (Lipinski definition) is 2. The maximum Gasteiger partial charge on any atom is 0.271 e. The SMILES string of the molecule is COc1ccc([N+](=O)[O-])cc1NC(=O)C1CCNCC1. The molecule has 2 rings (SSSR count). The van der Waals surface area contributed by atoms with E-state index in [1.165, 1.54) is 25.3 Å². The minimum Gasteiger partial charge on any atom is -0.495 e. The fourth-order valence-electron chi connectivity index (χ4n) is 2.23. The molecular weight excluding hydrogens is 262 g/mol. The number of hydrogen-bond acceptors (Lipinski definition) is 5. The molecule has 1 amide bonds. The van der Waals surface area contributed by atoms with Gasteiger partial charge in [0.1, 0.15) is 5.75 Å². The smallest absolute Gasteiger partial charge is 0.271 e. The molecule has 20 heavy (non-hydrogen) atoms. The number of ether oxygens (including phenoxy) is 1. The van der Waals surface area contributed by atoms with Crippen LogP contribution in [0, 0.1) is 16.0 Å². The molecule has 0 aliphatic carbocycles. The van der Waals surface area contributed by atoms with Gasteiger partial charge in [-0.3, -0.25) is 14.9 Å². The van der Waals surface area contributed by atoms with Crippen LogP contribution < -0.4 is 15.4 Å². The van der Waals surface area contributed by atoms with E-state index in [1.807, 2.05) is 0 Å². The first-order valence-electron chi connectivity index (χ1n) is 6.46. The quantitative estimate of drug-likeness (QED) is 0.644. The van der Waals surface area contributed by atoms with Crippen molar-refractivity contribution in [2.24, 2.45) is 5.92 Å². The zero-order valence-electron chi connectivity index (χ0n) is 11.2. The fourth-order valence-corrected chi connectivity index (χ4v) is 2.23. The Bertz CT molecular complexity index is 512. The molecule has 1 aliphatic heterocycles. The average molecular weight is 279 g/mol. The summed E-state index contributed by atoms with van der Waals surface area (Å²) in [4.78, 5) is 22.4. The Balaban J connectivity index is 2.15. The van der Waals surface area contributed by atoms with Gasteiger partial charge < -0.3 is 15.4 Å². The summed E-state index contributed by atoms with van der Waals surface area (Å²) in [6.45, 7) is 1.62. The molecule has 2 N–H and O–H groups in total. The fraction of sp³-hybridized carbons (Fsp3) is 0.462. The molecule has 1 fully saturated rings. The lowest BCUT2D eigenvalue weighted by Crippen LogP contribution is -2.34. The van der Waals surface area contributed by atoms with Gasteiger partial charge in [0.15, 0.2) is 0 Å². The van der Waals surface area contributed by atoms with Crippen LogP contribution in [0.3, 0.4) is 0 Å². The maximum absolute atomic E-state index is 12.2. The van der Waals surface area contributed by atoms with Crippen molar-refractivity contribution in [3.63, 3.8) is 0 Å². The number of carbonyl (C=O) groups excluding carboxylic acids is 1. The highest BCUT2D eigenvalue weighted by Gasteiger charge is 2.22. The zero-order valence-corrected chi connectivity index (χ0v) is 11.2. The number of anilines is 1. The van der Waals surface area contributed by atoms with Gasteiger partial charge in [-0.1, -0.05) is 0 Å². The molecule has 0 radical (unpaired) electrons. The van der Waals surface area contributed by atoms with Crippen molar-refractivity contribution in [2.75, 3.05) is 25.5 Å². The third-order valence-corrected chi connectivity index (χ3v) is 3.36. The van der Waals surface area contributed by atoms with Gasteiger partial charge in [-0.15, -0.1) is 0 Å². The molecule has 1 heterocycles. The lowest BCUT2D eigenvalue weighted by Gasteiger charge is -2.22.